The van der Waals surface area contributed by atoms with Gasteiger partial charge in [-0.1, -0.05) is 42.7 Å². The number of amides is 2. The number of carbonyl (C=O) groups excluding carboxylic acids is 2. The van der Waals surface area contributed by atoms with Crippen molar-refractivity contribution in [2.45, 2.75) is 51.4 Å². The molecular weight excluding hydrogens is 390 g/mol. The Morgan fingerprint density at radius 3 is 1.77 bits per heavy atom. The van der Waals surface area contributed by atoms with E-state index in [9.17, 15) is 19.8 Å². The van der Waals surface area contributed by atoms with Crippen LogP contribution in [0, 0.1) is 5.92 Å². The van der Waals surface area contributed by atoms with Crippen molar-refractivity contribution in [1.82, 2.24) is 4.90 Å². The molecule has 0 radical (unpaired) electrons. The molecule has 0 bridgehead atoms. The zero-order valence-electron chi connectivity index (χ0n) is 17.7. The second-order valence-electron chi connectivity index (χ2n) is 8.52. The second kappa shape index (κ2) is 9.38. The first kappa shape index (κ1) is 21.2. The van der Waals surface area contributed by atoms with Crippen molar-refractivity contribution in [3.63, 3.8) is 0 Å². The second-order valence-corrected chi connectivity index (χ2v) is 8.52. The highest BCUT2D eigenvalue weighted by Crippen LogP contribution is 2.41. The number of hydrogen-bond acceptors (Lipinski definition) is 4. The summed E-state index contributed by atoms with van der Waals surface area (Å²) in [6.07, 6.45) is 6.88. The molecule has 5 nitrogen and oxygen atoms in total. The van der Waals surface area contributed by atoms with Crippen molar-refractivity contribution in [2.75, 3.05) is 6.54 Å². The van der Waals surface area contributed by atoms with Gasteiger partial charge in [0.25, 0.3) is 0 Å². The van der Waals surface area contributed by atoms with Gasteiger partial charge in [0.15, 0.2) is 0 Å². The molecule has 1 saturated heterocycles. The van der Waals surface area contributed by atoms with Crippen LogP contribution in [-0.2, 0) is 9.59 Å². The third-order valence-corrected chi connectivity index (χ3v) is 6.46. The standard InChI is InChI=1S/C26H29NO4/c28-21-11-7-19(8-12-21)26(20-9-13-22(29)14-10-20)23(18-4-1-2-5-18)6-3-17-27-24(30)15-16-25(27)31/h7-14,18,28-29H,1-6,15-17H2. The van der Waals surface area contributed by atoms with Crippen LogP contribution in [0.1, 0.15) is 62.5 Å². The summed E-state index contributed by atoms with van der Waals surface area (Å²) < 4.78 is 0. The summed E-state index contributed by atoms with van der Waals surface area (Å²) in [4.78, 5) is 25.4. The normalized spacial score (nSPS) is 16.8. The molecule has 0 aromatic heterocycles. The minimum atomic E-state index is -0.0614. The van der Waals surface area contributed by atoms with E-state index in [2.05, 4.69) is 0 Å². The Kier molecular flexibility index (Phi) is 6.40. The van der Waals surface area contributed by atoms with Gasteiger partial charge < -0.3 is 10.2 Å². The predicted molar refractivity (Wildman–Crippen MR) is 119 cm³/mol. The Bertz CT molecular complexity index is 906. The van der Waals surface area contributed by atoms with Gasteiger partial charge in [0, 0.05) is 19.4 Å². The Labute approximate surface area is 183 Å². The Morgan fingerprint density at radius 1 is 0.806 bits per heavy atom. The SMILES string of the molecule is O=C1CCC(=O)N1CCCC(=C(c1ccc(O)cc1)c1ccc(O)cc1)C1CCCC1. The highest BCUT2D eigenvalue weighted by Gasteiger charge is 2.29. The van der Waals surface area contributed by atoms with Gasteiger partial charge in [-0.05, 0) is 72.6 Å². The Hall–Kier alpha value is -3.08. The lowest BCUT2D eigenvalue weighted by atomic mass is 9.83. The lowest BCUT2D eigenvalue weighted by molar-refractivity contribution is -0.138. The van der Waals surface area contributed by atoms with Crippen LogP contribution in [0.4, 0.5) is 0 Å². The molecule has 2 N–H and O–H groups in total. The van der Waals surface area contributed by atoms with Crippen LogP contribution in [0.5, 0.6) is 11.5 Å². The van der Waals surface area contributed by atoms with Crippen molar-refractivity contribution in [3.05, 3.63) is 65.2 Å². The molecule has 2 aromatic rings. The highest BCUT2D eigenvalue weighted by atomic mass is 16.3. The molecule has 1 aliphatic heterocycles. The first-order valence-electron chi connectivity index (χ1n) is 11.2. The Morgan fingerprint density at radius 2 is 1.29 bits per heavy atom. The average molecular weight is 420 g/mol. The van der Waals surface area contributed by atoms with Crippen molar-refractivity contribution < 1.29 is 19.8 Å². The quantitative estimate of drug-likeness (QED) is 0.618. The van der Waals surface area contributed by atoms with Crippen molar-refractivity contribution in [2.24, 2.45) is 5.92 Å². The monoisotopic (exact) mass is 419 g/mol. The molecule has 2 fully saturated rings. The summed E-state index contributed by atoms with van der Waals surface area (Å²) in [6.45, 7) is 0.465. The molecule has 0 atom stereocenters. The van der Waals surface area contributed by atoms with Crippen LogP contribution >= 0.6 is 0 Å². The molecule has 31 heavy (non-hydrogen) atoms. The first-order chi connectivity index (χ1) is 15.0. The van der Waals surface area contributed by atoms with Gasteiger partial charge in [0.1, 0.15) is 11.5 Å². The van der Waals surface area contributed by atoms with E-state index in [1.54, 1.807) is 24.3 Å². The summed E-state index contributed by atoms with van der Waals surface area (Å²) in [6, 6.07) is 14.5. The maximum atomic E-state index is 12.0. The molecule has 2 aromatic carbocycles. The summed E-state index contributed by atoms with van der Waals surface area (Å²) in [5, 5.41) is 19.6. The number of nitrogens with zero attached hydrogens (tertiary/aromatic N) is 1. The fourth-order valence-electron chi connectivity index (χ4n) is 4.90. The van der Waals surface area contributed by atoms with Gasteiger partial charge in [-0.2, -0.15) is 0 Å². The van der Waals surface area contributed by atoms with Gasteiger partial charge in [-0.3, -0.25) is 14.5 Å². The van der Waals surface area contributed by atoms with E-state index in [1.165, 1.54) is 23.3 Å². The zero-order chi connectivity index (χ0) is 21.8. The molecule has 1 saturated carbocycles. The van der Waals surface area contributed by atoms with Crippen molar-refractivity contribution in [1.29, 1.82) is 0 Å². The van der Waals surface area contributed by atoms with Gasteiger partial charge in [0.2, 0.25) is 11.8 Å². The maximum Gasteiger partial charge on any atom is 0.229 e. The fourth-order valence-corrected chi connectivity index (χ4v) is 4.90. The zero-order valence-corrected chi connectivity index (χ0v) is 17.7. The van der Waals surface area contributed by atoms with E-state index >= 15 is 0 Å². The van der Waals surface area contributed by atoms with Gasteiger partial charge in [-0.25, -0.2) is 0 Å². The lowest BCUT2D eigenvalue weighted by Gasteiger charge is -2.23. The van der Waals surface area contributed by atoms with E-state index in [1.807, 2.05) is 24.3 Å². The summed E-state index contributed by atoms with van der Waals surface area (Å²) in [5.41, 5.74) is 4.52. The number of benzene rings is 2. The number of hydrogen-bond donors (Lipinski definition) is 2. The number of likely N-dealkylation sites (tertiary alicyclic amines) is 1. The number of carbonyl (C=O) groups is 2. The number of phenolic OH excluding ortho intramolecular Hbond substituents is 2. The average Bonchev–Trinajstić information content (AvgIpc) is 3.41. The van der Waals surface area contributed by atoms with Crippen LogP contribution in [-0.4, -0.2) is 33.5 Å². The summed E-state index contributed by atoms with van der Waals surface area (Å²) >= 11 is 0. The molecule has 4 rings (SSSR count). The minimum absolute atomic E-state index is 0.0614. The summed E-state index contributed by atoms with van der Waals surface area (Å²) in [7, 11) is 0. The third-order valence-electron chi connectivity index (χ3n) is 6.46. The molecule has 162 valence electrons. The molecule has 0 spiro atoms. The van der Waals surface area contributed by atoms with Crippen LogP contribution < -0.4 is 0 Å². The largest absolute Gasteiger partial charge is 0.508 e. The highest BCUT2D eigenvalue weighted by molar-refractivity contribution is 6.01. The van der Waals surface area contributed by atoms with Crippen LogP contribution in [0.15, 0.2) is 54.1 Å². The number of rotatable bonds is 7. The molecule has 2 aliphatic rings. The lowest BCUT2D eigenvalue weighted by Crippen LogP contribution is -2.30. The van der Waals surface area contributed by atoms with E-state index in [4.69, 9.17) is 0 Å². The van der Waals surface area contributed by atoms with Crippen molar-refractivity contribution >= 4 is 17.4 Å². The molecule has 1 heterocycles. The molecule has 5 heteroatoms. The number of phenols is 2. The van der Waals surface area contributed by atoms with Gasteiger partial charge >= 0.3 is 0 Å². The van der Waals surface area contributed by atoms with E-state index in [0.29, 0.717) is 25.3 Å². The smallest absolute Gasteiger partial charge is 0.229 e. The topological polar surface area (TPSA) is 77.8 Å². The Balaban J connectivity index is 1.70. The molecule has 0 unspecified atom stereocenters. The van der Waals surface area contributed by atoms with Crippen LogP contribution in [0.2, 0.25) is 0 Å². The van der Waals surface area contributed by atoms with E-state index < -0.39 is 0 Å². The third kappa shape index (κ3) is 4.82. The van der Waals surface area contributed by atoms with Gasteiger partial charge in [0.05, 0.1) is 0 Å². The predicted octanol–water partition coefficient (Wildman–Crippen LogP) is 5.02. The fraction of sp³-hybridized carbons (Fsp3) is 0.385. The molecular formula is C26H29NO4. The van der Waals surface area contributed by atoms with E-state index in [-0.39, 0.29) is 23.3 Å². The number of allylic oxidation sites excluding steroid dienone is 1. The molecule has 2 amide bonds. The maximum absolute atomic E-state index is 12.0. The van der Waals surface area contributed by atoms with Crippen LogP contribution in [0.25, 0.3) is 5.57 Å². The number of aromatic hydroxyl groups is 2. The van der Waals surface area contributed by atoms with Crippen molar-refractivity contribution in [3.8, 4) is 11.5 Å². The summed E-state index contributed by atoms with van der Waals surface area (Å²) in [5.74, 6) is 0.787. The van der Waals surface area contributed by atoms with Gasteiger partial charge in [-0.15, -0.1) is 0 Å². The first-order valence-corrected chi connectivity index (χ1v) is 11.2. The number of imide groups is 1. The molecule has 1 aliphatic carbocycles. The minimum Gasteiger partial charge on any atom is -0.508 e. The van der Waals surface area contributed by atoms with Crippen LogP contribution in [0.3, 0.4) is 0 Å². The van der Waals surface area contributed by atoms with E-state index in [0.717, 1.165) is 42.4 Å².